The van der Waals surface area contributed by atoms with Crippen molar-refractivity contribution in [3.8, 4) is 16.9 Å². The van der Waals surface area contributed by atoms with E-state index in [1.54, 1.807) is 23.1 Å². The number of amides is 2. The molecule has 0 saturated carbocycles. The SMILES string of the molecule is CCOc1ccc(CCN(CCC(=O)O)C(=O)c2ccccc2-c2ccccc2C(=O)N(CCN(C)C)Cc2ccccc2)cc1. The minimum absolute atomic E-state index is 0.0650. The number of carboxylic acid groups (broad SMARTS) is 1. The van der Waals surface area contributed by atoms with Gasteiger partial charge in [0.05, 0.1) is 13.0 Å². The first-order valence-corrected chi connectivity index (χ1v) is 15.7. The van der Waals surface area contributed by atoms with Gasteiger partial charge in [-0.2, -0.15) is 0 Å². The van der Waals surface area contributed by atoms with Crippen molar-refractivity contribution in [3.05, 3.63) is 125 Å². The monoisotopic (exact) mass is 621 g/mol. The van der Waals surface area contributed by atoms with Crippen LogP contribution in [0, 0.1) is 0 Å². The number of rotatable bonds is 16. The van der Waals surface area contributed by atoms with Crippen molar-refractivity contribution in [2.24, 2.45) is 0 Å². The molecule has 8 heteroatoms. The van der Waals surface area contributed by atoms with Crippen LogP contribution < -0.4 is 4.74 Å². The Labute approximate surface area is 271 Å². The molecule has 0 aliphatic rings. The number of nitrogens with zero attached hydrogens (tertiary/aromatic N) is 3. The third-order valence-electron chi connectivity index (χ3n) is 7.71. The molecule has 0 aliphatic heterocycles. The second kappa shape index (κ2) is 16.9. The average molecular weight is 622 g/mol. The Morgan fingerprint density at radius 2 is 1.20 bits per heavy atom. The lowest BCUT2D eigenvalue weighted by atomic mass is 9.93. The first-order chi connectivity index (χ1) is 22.3. The van der Waals surface area contributed by atoms with Crippen molar-refractivity contribution in [1.29, 1.82) is 0 Å². The van der Waals surface area contributed by atoms with Crippen molar-refractivity contribution < 1.29 is 24.2 Å². The van der Waals surface area contributed by atoms with Gasteiger partial charge in [-0.15, -0.1) is 0 Å². The predicted octanol–water partition coefficient (Wildman–Crippen LogP) is 6.12. The zero-order valence-electron chi connectivity index (χ0n) is 26.9. The standard InChI is InChI=1S/C38H43N3O5/c1-4-46-31-20-18-29(19-21-31)22-24-40(25-23-36(42)43)37(44)34-16-10-8-14-32(34)33-15-9-11-17-35(33)38(45)41(27-26-39(2)3)28-30-12-6-5-7-13-30/h5-21H,4,22-28H2,1-3H3,(H,42,43). The molecule has 0 aliphatic carbocycles. The number of likely N-dealkylation sites (N-methyl/N-ethyl adjacent to an activating group) is 1. The number of benzene rings is 4. The highest BCUT2D eigenvalue weighted by Gasteiger charge is 2.25. The molecule has 4 rings (SSSR count). The van der Waals surface area contributed by atoms with Gasteiger partial charge in [0, 0.05) is 43.9 Å². The fourth-order valence-corrected chi connectivity index (χ4v) is 5.26. The summed E-state index contributed by atoms with van der Waals surface area (Å²) < 4.78 is 5.54. The van der Waals surface area contributed by atoms with Crippen LogP contribution in [0.5, 0.6) is 5.75 Å². The first kappa shape index (κ1) is 33.9. The molecule has 240 valence electrons. The molecule has 0 aromatic heterocycles. The second-order valence-electron chi connectivity index (χ2n) is 11.4. The van der Waals surface area contributed by atoms with Gasteiger partial charge in [0.1, 0.15) is 5.75 Å². The van der Waals surface area contributed by atoms with E-state index in [4.69, 9.17) is 4.74 Å². The second-order valence-corrected chi connectivity index (χ2v) is 11.4. The molecule has 1 N–H and O–H groups in total. The van der Waals surface area contributed by atoms with Crippen LogP contribution >= 0.6 is 0 Å². The predicted molar refractivity (Wildman–Crippen MR) is 181 cm³/mol. The molecule has 0 fully saturated rings. The van der Waals surface area contributed by atoms with Gasteiger partial charge in [-0.1, -0.05) is 78.9 Å². The molecule has 4 aromatic rings. The van der Waals surface area contributed by atoms with Crippen LogP contribution in [0.2, 0.25) is 0 Å². The summed E-state index contributed by atoms with van der Waals surface area (Å²) in [6.07, 6.45) is 0.377. The highest BCUT2D eigenvalue weighted by molar-refractivity contribution is 6.06. The molecule has 2 amide bonds. The summed E-state index contributed by atoms with van der Waals surface area (Å²) in [5.74, 6) is -0.601. The molecule has 0 saturated heterocycles. The lowest BCUT2D eigenvalue weighted by Crippen LogP contribution is -2.36. The van der Waals surface area contributed by atoms with E-state index in [0.717, 1.165) is 16.9 Å². The summed E-state index contributed by atoms with van der Waals surface area (Å²) in [6, 6.07) is 32.2. The molecule has 0 unspecified atom stereocenters. The summed E-state index contributed by atoms with van der Waals surface area (Å²) in [7, 11) is 3.96. The maximum Gasteiger partial charge on any atom is 0.305 e. The number of carbonyl (C=O) groups excluding carboxylic acids is 2. The lowest BCUT2D eigenvalue weighted by Gasteiger charge is -2.27. The molecular weight excluding hydrogens is 578 g/mol. The number of carboxylic acids is 1. The highest BCUT2D eigenvalue weighted by atomic mass is 16.5. The third-order valence-corrected chi connectivity index (χ3v) is 7.71. The van der Waals surface area contributed by atoms with E-state index in [1.165, 1.54) is 0 Å². The minimum atomic E-state index is -0.973. The Bertz CT molecular complexity index is 1590. The summed E-state index contributed by atoms with van der Waals surface area (Å²) >= 11 is 0. The minimum Gasteiger partial charge on any atom is -0.494 e. The Kier molecular flexibility index (Phi) is 12.5. The fraction of sp³-hybridized carbons (Fsp3) is 0.289. The molecule has 0 heterocycles. The van der Waals surface area contributed by atoms with E-state index in [9.17, 15) is 19.5 Å². The Morgan fingerprint density at radius 3 is 1.76 bits per heavy atom. The summed E-state index contributed by atoms with van der Waals surface area (Å²) in [4.78, 5) is 45.4. The van der Waals surface area contributed by atoms with Crippen LogP contribution in [0.1, 0.15) is 45.2 Å². The molecular formula is C38H43N3O5. The smallest absolute Gasteiger partial charge is 0.305 e. The zero-order chi connectivity index (χ0) is 32.9. The summed E-state index contributed by atoms with van der Waals surface area (Å²) in [6.45, 7) is 4.59. The van der Waals surface area contributed by atoms with Crippen molar-refractivity contribution >= 4 is 17.8 Å². The number of ether oxygens (including phenoxy) is 1. The third kappa shape index (κ3) is 9.52. The molecule has 4 aromatic carbocycles. The van der Waals surface area contributed by atoms with E-state index < -0.39 is 5.97 Å². The summed E-state index contributed by atoms with van der Waals surface area (Å²) in [5, 5.41) is 9.45. The van der Waals surface area contributed by atoms with E-state index in [1.807, 2.05) is 116 Å². The van der Waals surface area contributed by atoms with Crippen molar-refractivity contribution in [3.63, 3.8) is 0 Å². The van der Waals surface area contributed by atoms with Gasteiger partial charge >= 0.3 is 5.97 Å². The van der Waals surface area contributed by atoms with Crippen LogP contribution in [-0.2, 0) is 17.8 Å². The number of hydrogen-bond donors (Lipinski definition) is 1. The van der Waals surface area contributed by atoms with Crippen LogP contribution in [0.4, 0.5) is 0 Å². The van der Waals surface area contributed by atoms with Crippen LogP contribution in [0.15, 0.2) is 103 Å². The van der Waals surface area contributed by atoms with Crippen LogP contribution in [-0.4, -0.2) is 84.5 Å². The van der Waals surface area contributed by atoms with Crippen molar-refractivity contribution in [2.45, 2.75) is 26.3 Å². The Hall–Kier alpha value is -4.95. The fourth-order valence-electron chi connectivity index (χ4n) is 5.26. The molecule has 0 spiro atoms. The molecule has 0 bridgehead atoms. The van der Waals surface area contributed by atoms with Gasteiger partial charge in [0.25, 0.3) is 11.8 Å². The zero-order valence-corrected chi connectivity index (χ0v) is 26.9. The highest BCUT2D eigenvalue weighted by Crippen LogP contribution is 2.30. The van der Waals surface area contributed by atoms with Crippen molar-refractivity contribution in [1.82, 2.24) is 14.7 Å². The topological polar surface area (TPSA) is 90.4 Å². The molecule has 0 radical (unpaired) electrons. The molecule has 8 nitrogen and oxygen atoms in total. The molecule has 0 atom stereocenters. The molecule has 46 heavy (non-hydrogen) atoms. The van der Waals surface area contributed by atoms with Gasteiger partial charge in [-0.05, 0) is 74.0 Å². The van der Waals surface area contributed by atoms with E-state index in [0.29, 0.717) is 61.5 Å². The maximum atomic E-state index is 14.2. The first-order valence-electron chi connectivity index (χ1n) is 15.7. The number of aliphatic carboxylic acids is 1. The average Bonchev–Trinajstić information content (AvgIpc) is 3.07. The largest absolute Gasteiger partial charge is 0.494 e. The lowest BCUT2D eigenvalue weighted by molar-refractivity contribution is -0.137. The van der Waals surface area contributed by atoms with Gasteiger partial charge in [-0.3, -0.25) is 14.4 Å². The Morgan fingerprint density at radius 1 is 0.630 bits per heavy atom. The van der Waals surface area contributed by atoms with Gasteiger partial charge in [0.2, 0.25) is 0 Å². The van der Waals surface area contributed by atoms with Gasteiger partial charge < -0.3 is 24.5 Å². The van der Waals surface area contributed by atoms with E-state index >= 15 is 0 Å². The van der Waals surface area contributed by atoms with Gasteiger partial charge in [0.15, 0.2) is 0 Å². The Balaban J connectivity index is 1.65. The quantitative estimate of drug-likeness (QED) is 0.162. The number of hydrogen-bond acceptors (Lipinski definition) is 5. The number of carbonyl (C=O) groups is 3. The normalized spacial score (nSPS) is 10.9. The maximum absolute atomic E-state index is 14.2. The van der Waals surface area contributed by atoms with Gasteiger partial charge in [-0.25, -0.2) is 0 Å². The van der Waals surface area contributed by atoms with E-state index in [-0.39, 0.29) is 24.8 Å². The van der Waals surface area contributed by atoms with Crippen LogP contribution in [0.25, 0.3) is 11.1 Å². The van der Waals surface area contributed by atoms with E-state index in [2.05, 4.69) is 0 Å². The summed E-state index contributed by atoms with van der Waals surface area (Å²) in [5.41, 5.74) is 4.25. The van der Waals surface area contributed by atoms with Crippen LogP contribution in [0.3, 0.4) is 0 Å². The van der Waals surface area contributed by atoms with Crippen molar-refractivity contribution in [2.75, 3.05) is 46.9 Å².